The summed E-state index contributed by atoms with van der Waals surface area (Å²) in [5.74, 6) is -0.0746. The second-order valence-corrected chi connectivity index (χ2v) is 7.46. The molecule has 2 N–H and O–H groups in total. The highest BCUT2D eigenvalue weighted by Crippen LogP contribution is 2.27. The van der Waals surface area contributed by atoms with Crippen LogP contribution in [0.1, 0.15) is 26.3 Å². The van der Waals surface area contributed by atoms with Crippen LogP contribution in [0.3, 0.4) is 0 Å². The first kappa shape index (κ1) is 19.7. The fourth-order valence-electron chi connectivity index (χ4n) is 2.00. The highest BCUT2D eigenvalue weighted by Gasteiger charge is 2.15. The number of carbonyl (C=O) groups is 2. The average Bonchev–Trinajstić information content (AvgIpc) is 3.06. The van der Waals surface area contributed by atoms with E-state index in [9.17, 15) is 9.59 Å². The summed E-state index contributed by atoms with van der Waals surface area (Å²) in [5.41, 5.74) is 2.09. The summed E-state index contributed by atoms with van der Waals surface area (Å²) < 4.78 is 5.56. The monoisotopic (exact) mass is 374 g/mol. The normalized spacial score (nSPS) is 11.0. The Morgan fingerprint density at radius 1 is 1.23 bits per heavy atom. The van der Waals surface area contributed by atoms with Crippen molar-refractivity contribution in [3.63, 3.8) is 0 Å². The van der Waals surface area contributed by atoms with Crippen LogP contribution in [0.2, 0.25) is 0 Å². The van der Waals surface area contributed by atoms with Gasteiger partial charge in [-0.15, -0.1) is 16.8 Å². The number of amides is 3. The Bertz CT molecular complexity index is 778. The number of benzene rings is 1. The van der Waals surface area contributed by atoms with E-state index in [-0.39, 0.29) is 22.9 Å². The minimum atomic E-state index is -0.569. The maximum absolute atomic E-state index is 11.7. The number of imide groups is 1. The van der Waals surface area contributed by atoms with Crippen molar-refractivity contribution in [2.75, 3.05) is 12.3 Å². The summed E-state index contributed by atoms with van der Waals surface area (Å²) in [6.45, 7) is 10.2. The van der Waals surface area contributed by atoms with Crippen molar-refractivity contribution >= 4 is 23.7 Å². The average molecular weight is 374 g/mol. The van der Waals surface area contributed by atoms with E-state index in [1.165, 1.54) is 11.6 Å². The van der Waals surface area contributed by atoms with E-state index in [1.807, 2.05) is 24.3 Å². The van der Waals surface area contributed by atoms with Gasteiger partial charge in [-0.05, 0) is 23.1 Å². The van der Waals surface area contributed by atoms with Gasteiger partial charge in [-0.2, -0.15) is 0 Å². The van der Waals surface area contributed by atoms with E-state index >= 15 is 0 Å². The molecular formula is C18H22N4O3S. The van der Waals surface area contributed by atoms with Crippen molar-refractivity contribution in [2.24, 2.45) is 0 Å². The van der Waals surface area contributed by atoms with Crippen LogP contribution in [0.5, 0.6) is 0 Å². The van der Waals surface area contributed by atoms with Gasteiger partial charge in [-0.3, -0.25) is 10.1 Å². The molecule has 0 atom stereocenters. The molecule has 26 heavy (non-hydrogen) atoms. The molecule has 0 spiro atoms. The van der Waals surface area contributed by atoms with Crippen molar-refractivity contribution in [1.29, 1.82) is 0 Å². The van der Waals surface area contributed by atoms with Crippen LogP contribution in [-0.4, -0.2) is 34.4 Å². The summed E-state index contributed by atoms with van der Waals surface area (Å²) in [7, 11) is 0. The van der Waals surface area contributed by atoms with Crippen LogP contribution < -0.4 is 10.6 Å². The standard InChI is InChI=1S/C18H22N4O3S/c1-5-10-19-16(24)20-14(23)11-26-17-22-21-15(25-17)12-6-8-13(9-7-12)18(2,3)4/h5-9H,1,10-11H2,2-4H3,(H2,19,20,23,24). The first-order valence-corrected chi connectivity index (χ1v) is 9.04. The molecule has 0 aliphatic heterocycles. The Morgan fingerprint density at radius 2 is 1.92 bits per heavy atom. The number of urea groups is 1. The Morgan fingerprint density at radius 3 is 2.54 bits per heavy atom. The lowest BCUT2D eigenvalue weighted by Gasteiger charge is -2.18. The second kappa shape index (κ2) is 8.66. The Kier molecular flexibility index (Phi) is 6.57. The molecule has 0 aliphatic carbocycles. The van der Waals surface area contributed by atoms with Gasteiger partial charge in [0.2, 0.25) is 11.8 Å². The zero-order valence-electron chi connectivity index (χ0n) is 15.0. The third kappa shape index (κ3) is 5.73. The molecule has 2 rings (SSSR count). The summed E-state index contributed by atoms with van der Waals surface area (Å²) in [5, 5.41) is 12.8. The number of thioether (sulfide) groups is 1. The zero-order chi connectivity index (χ0) is 19.2. The van der Waals surface area contributed by atoms with E-state index in [1.54, 1.807) is 0 Å². The number of nitrogens with one attached hydrogen (secondary N) is 2. The first-order chi connectivity index (χ1) is 12.3. The number of aromatic nitrogens is 2. The molecule has 138 valence electrons. The lowest BCUT2D eigenvalue weighted by molar-refractivity contribution is -0.117. The molecular weight excluding hydrogens is 352 g/mol. The van der Waals surface area contributed by atoms with Crippen molar-refractivity contribution in [1.82, 2.24) is 20.8 Å². The van der Waals surface area contributed by atoms with Gasteiger partial charge in [0.1, 0.15) is 0 Å². The predicted octanol–water partition coefficient (Wildman–Crippen LogP) is 3.14. The Balaban J connectivity index is 1.90. The second-order valence-electron chi connectivity index (χ2n) is 6.54. The third-order valence-corrected chi connectivity index (χ3v) is 4.21. The summed E-state index contributed by atoms with van der Waals surface area (Å²) >= 11 is 1.06. The fraction of sp³-hybridized carbons (Fsp3) is 0.333. The molecule has 1 aromatic carbocycles. The smallest absolute Gasteiger partial charge is 0.321 e. The minimum Gasteiger partial charge on any atom is -0.411 e. The van der Waals surface area contributed by atoms with Gasteiger partial charge in [-0.1, -0.05) is 50.7 Å². The number of carbonyl (C=O) groups excluding carboxylic acids is 2. The van der Waals surface area contributed by atoms with Gasteiger partial charge in [0.05, 0.1) is 5.75 Å². The highest BCUT2D eigenvalue weighted by atomic mass is 32.2. The van der Waals surface area contributed by atoms with Gasteiger partial charge < -0.3 is 9.73 Å². The van der Waals surface area contributed by atoms with Crippen molar-refractivity contribution in [3.05, 3.63) is 42.5 Å². The minimum absolute atomic E-state index is 0.00783. The number of nitrogens with zero attached hydrogens (tertiary/aromatic N) is 2. The largest absolute Gasteiger partial charge is 0.411 e. The number of hydrogen-bond donors (Lipinski definition) is 2. The molecule has 0 saturated heterocycles. The zero-order valence-corrected chi connectivity index (χ0v) is 15.9. The van der Waals surface area contributed by atoms with Crippen LogP contribution in [0.25, 0.3) is 11.5 Å². The van der Waals surface area contributed by atoms with Crippen LogP contribution in [-0.2, 0) is 10.2 Å². The van der Waals surface area contributed by atoms with E-state index < -0.39 is 11.9 Å². The summed E-state index contributed by atoms with van der Waals surface area (Å²) in [4.78, 5) is 23.0. The molecule has 1 heterocycles. The highest BCUT2D eigenvalue weighted by molar-refractivity contribution is 7.99. The first-order valence-electron chi connectivity index (χ1n) is 8.05. The van der Waals surface area contributed by atoms with Gasteiger partial charge in [0.15, 0.2) is 0 Å². The summed E-state index contributed by atoms with van der Waals surface area (Å²) in [6.07, 6.45) is 1.52. The predicted molar refractivity (Wildman–Crippen MR) is 101 cm³/mol. The maximum Gasteiger partial charge on any atom is 0.321 e. The number of hydrogen-bond acceptors (Lipinski definition) is 6. The quantitative estimate of drug-likeness (QED) is 0.595. The SMILES string of the molecule is C=CCNC(=O)NC(=O)CSc1nnc(-c2ccc(C(C)(C)C)cc2)o1. The van der Waals surface area contributed by atoms with Gasteiger partial charge in [-0.25, -0.2) is 4.79 Å². The van der Waals surface area contributed by atoms with E-state index in [2.05, 4.69) is 48.2 Å². The molecule has 7 nitrogen and oxygen atoms in total. The molecule has 8 heteroatoms. The molecule has 1 aromatic heterocycles. The van der Waals surface area contributed by atoms with Gasteiger partial charge in [0.25, 0.3) is 5.22 Å². The topological polar surface area (TPSA) is 97.1 Å². The summed E-state index contributed by atoms with van der Waals surface area (Å²) in [6, 6.07) is 7.35. The van der Waals surface area contributed by atoms with Crippen molar-refractivity contribution in [2.45, 2.75) is 31.4 Å². The van der Waals surface area contributed by atoms with Crippen molar-refractivity contribution in [3.8, 4) is 11.5 Å². The van der Waals surface area contributed by atoms with E-state index in [4.69, 9.17) is 4.42 Å². The van der Waals surface area contributed by atoms with Crippen LogP contribution in [0, 0.1) is 0 Å². The fourth-order valence-corrected chi connectivity index (χ4v) is 2.56. The third-order valence-electron chi connectivity index (χ3n) is 3.39. The molecule has 3 amide bonds. The van der Waals surface area contributed by atoms with Gasteiger partial charge >= 0.3 is 6.03 Å². The lowest BCUT2D eigenvalue weighted by atomic mass is 9.87. The van der Waals surface area contributed by atoms with E-state index in [0.29, 0.717) is 5.89 Å². The Hall–Kier alpha value is -2.61. The molecule has 0 fully saturated rings. The van der Waals surface area contributed by atoms with Crippen molar-refractivity contribution < 1.29 is 14.0 Å². The Labute approximate surface area is 156 Å². The molecule has 0 radical (unpaired) electrons. The maximum atomic E-state index is 11.7. The van der Waals surface area contributed by atoms with Gasteiger partial charge in [0, 0.05) is 12.1 Å². The molecule has 2 aromatic rings. The molecule has 0 unspecified atom stereocenters. The molecule has 0 bridgehead atoms. The number of rotatable bonds is 6. The lowest BCUT2D eigenvalue weighted by Crippen LogP contribution is -2.40. The molecule has 0 aliphatic rings. The van der Waals surface area contributed by atoms with Crippen LogP contribution in [0.4, 0.5) is 4.79 Å². The van der Waals surface area contributed by atoms with E-state index in [0.717, 1.165) is 17.3 Å². The van der Waals surface area contributed by atoms with Crippen LogP contribution >= 0.6 is 11.8 Å². The molecule has 0 saturated carbocycles. The van der Waals surface area contributed by atoms with Crippen LogP contribution in [0.15, 0.2) is 46.6 Å².